The Balaban J connectivity index is 2.08. The van der Waals surface area contributed by atoms with Crippen LogP contribution in [0.15, 0.2) is 0 Å². The summed E-state index contributed by atoms with van der Waals surface area (Å²) in [6, 6.07) is 0. The van der Waals surface area contributed by atoms with Crippen molar-refractivity contribution in [2.24, 2.45) is 5.92 Å². The van der Waals surface area contributed by atoms with Crippen LogP contribution in [-0.4, -0.2) is 43.0 Å². The lowest BCUT2D eigenvalue weighted by Gasteiger charge is -2.15. The highest BCUT2D eigenvalue weighted by Gasteiger charge is 2.29. The molecule has 5 nitrogen and oxygen atoms in total. The Labute approximate surface area is 118 Å². The maximum Gasteiger partial charge on any atom is 0.267 e. The van der Waals surface area contributed by atoms with E-state index in [4.69, 9.17) is 5.73 Å². The van der Waals surface area contributed by atoms with Crippen molar-refractivity contribution < 1.29 is 4.79 Å². The number of nitrogens with two attached hydrogens (primary N) is 1. The molecule has 2 rings (SSSR count). The predicted molar refractivity (Wildman–Crippen MR) is 79.8 cm³/mol. The van der Waals surface area contributed by atoms with E-state index in [0.717, 1.165) is 24.6 Å². The molecule has 1 atom stereocenters. The maximum absolute atomic E-state index is 12.5. The second-order valence-electron chi connectivity index (χ2n) is 5.30. The molecule has 6 heteroatoms. The van der Waals surface area contributed by atoms with Gasteiger partial charge in [0, 0.05) is 27.2 Å². The molecule has 1 aliphatic heterocycles. The number of rotatable bonds is 4. The largest absolute Gasteiger partial charge is 0.382 e. The fourth-order valence-electron chi connectivity index (χ4n) is 2.47. The van der Waals surface area contributed by atoms with Gasteiger partial charge in [-0.05, 0) is 18.8 Å². The molecule has 0 bridgehead atoms. The normalized spacial score (nSPS) is 18.9. The van der Waals surface area contributed by atoms with Crippen molar-refractivity contribution in [2.75, 3.05) is 37.8 Å². The van der Waals surface area contributed by atoms with Crippen LogP contribution in [0.5, 0.6) is 0 Å². The molecule has 1 aromatic rings. The molecule has 1 aromatic heterocycles. The predicted octanol–water partition coefficient (Wildman–Crippen LogP) is 2.05. The van der Waals surface area contributed by atoms with E-state index in [0.29, 0.717) is 16.6 Å². The minimum atomic E-state index is 0.0432. The molecule has 0 spiro atoms. The fourth-order valence-corrected chi connectivity index (χ4v) is 3.35. The molecular formula is C13H22N4OS. The van der Waals surface area contributed by atoms with Gasteiger partial charge in [0.05, 0.1) is 0 Å². The molecule has 1 fully saturated rings. The Bertz CT molecular complexity index is 457. The summed E-state index contributed by atoms with van der Waals surface area (Å²) < 4.78 is 0. The Morgan fingerprint density at radius 1 is 1.58 bits per heavy atom. The lowest BCUT2D eigenvalue weighted by Crippen LogP contribution is -2.28. The maximum atomic E-state index is 12.5. The summed E-state index contributed by atoms with van der Waals surface area (Å²) in [5.74, 6) is 1.05. The minimum Gasteiger partial charge on any atom is -0.382 e. The first-order valence-electron chi connectivity index (χ1n) is 6.75. The number of hydrogen-bond donors (Lipinski definition) is 1. The summed E-state index contributed by atoms with van der Waals surface area (Å²) in [6.07, 6.45) is 3.49. The zero-order valence-corrected chi connectivity index (χ0v) is 12.7. The van der Waals surface area contributed by atoms with Crippen LogP contribution in [0.1, 0.15) is 35.9 Å². The van der Waals surface area contributed by atoms with Crippen molar-refractivity contribution in [1.29, 1.82) is 0 Å². The van der Waals surface area contributed by atoms with Gasteiger partial charge in [-0.25, -0.2) is 4.98 Å². The highest BCUT2D eigenvalue weighted by atomic mass is 32.1. The monoisotopic (exact) mass is 282 g/mol. The smallest absolute Gasteiger partial charge is 0.267 e. The van der Waals surface area contributed by atoms with E-state index in [1.165, 1.54) is 24.2 Å². The van der Waals surface area contributed by atoms with Crippen molar-refractivity contribution >= 4 is 28.2 Å². The van der Waals surface area contributed by atoms with E-state index in [1.54, 1.807) is 0 Å². The van der Waals surface area contributed by atoms with Crippen LogP contribution in [0.25, 0.3) is 0 Å². The summed E-state index contributed by atoms with van der Waals surface area (Å²) in [4.78, 5) is 21.1. The van der Waals surface area contributed by atoms with E-state index >= 15 is 0 Å². The molecule has 1 amide bonds. The summed E-state index contributed by atoms with van der Waals surface area (Å²) in [5, 5.41) is 0.783. The third-order valence-electron chi connectivity index (χ3n) is 3.49. The second-order valence-corrected chi connectivity index (χ2v) is 6.28. The zero-order chi connectivity index (χ0) is 14.0. The Morgan fingerprint density at radius 3 is 2.89 bits per heavy atom. The molecule has 1 aliphatic rings. The van der Waals surface area contributed by atoms with Crippen LogP contribution >= 0.6 is 11.3 Å². The Hall–Kier alpha value is -1.30. The molecule has 0 aromatic carbocycles. The summed E-state index contributed by atoms with van der Waals surface area (Å²) in [5.41, 5.74) is 5.87. The molecule has 0 saturated carbocycles. The van der Waals surface area contributed by atoms with E-state index in [1.807, 2.05) is 23.9 Å². The van der Waals surface area contributed by atoms with Gasteiger partial charge in [0.15, 0.2) is 5.13 Å². The molecule has 0 aliphatic carbocycles. The number of carbonyl (C=O) groups is 1. The third-order valence-corrected chi connectivity index (χ3v) is 4.72. The molecule has 2 heterocycles. The van der Waals surface area contributed by atoms with Crippen molar-refractivity contribution in [3.8, 4) is 0 Å². The van der Waals surface area contributed by atoms with E-state index in [-0.39, 0.29) is 5.91 Å². The Kier molecular flexibility index (Phi) is 4.29. The van der Waals surface area contributed by atoms with Gasteiger partial charge in [0.2, 0.25) is 0 Å². The first-order chi connectivity index (χ1) is 9.02. The van der Waals surface area contributed by atoms with Gasteiger partial charge < -0.3 is 15.5 Å². The highest BCUT2D eigenvalue weighted by molar-refractivity contribution is 7.18. The Morgan fingerprint density at radius 2 is 2.32 bits per heavy atom. The van der Waals surface area contributed by atoms with Gasteiger partial charge in [0.1, 0.15) is 10.7 Å². The number of amides is 1. The molecule has 106 valence electrons. The van der Waals surface area contributed by atoms with Crippen LogP contribution in [0, 0.1) is 5.92 Å². The van der Waals surface area contributed by atoms with E-state index in [9.17, 15) is 4.79 Å². The molecule has 0 radical (unpaired) electrons. The summed E-state index contributed by atoms with van der Waals surface area (Å²) in [7, 11) is 3.80. The molecular weight excluding hydrogens is 260 g/mol. The lowest BCUT2D eigenvalue weighted by molar-refractivity contribution is 0.0792. The van der Waals surface area contributed by atoms with Crippen molar-refractivity contribution in [2.45, 2.75) is 26.2 Å². The summed E-state index contributed by atoms with van der Waals surface area (Å²) in [6.45, 7) is 3.90. The zero-order valence-electron chi connectivity index (χ0n) is 11.8. The number of anilines is 2. The second kappa shape index (κ2) is 5.77. The van der Waals surface area contributed by atoms with Crippen molar-refractivity contribution in [3.63, 3.8) is 0 Å². The van der Waals surface area contributed by atoms with Crippen LogP contribution < -0.4 is 10.6 Å². The van der Waals surface area contributed by atoms with E-state index < -0.39 is 0 Å². The number of carbonyl (C=O) groups excluding carboxylic acids is 1. The topological polar surface area (TPSA) is 62.5 Å². The number of thiazole rings is 1. The van der Waals surface area contributed by atoms with Crippen molar-refractivity contribution in [3.05, 3.63) is 4.88 Å². The third kappa shape index (κ3) is 3.00. The quantitative estimate of drug-likeness (QED) is 0.918. The SMILES string of the molecule is CCCC1CCN(C(=O)c2sc(N(C)C)nc2N)C1. The number of aromatic nitrogens is 1. The average molecular weight is 282 g/mol. The van der Waals surface area contributed by atoms with E-state index in [2.05, 4.69) is 11.9 Å². The summed E-state index contributed by atoms with van der Waals surface area (Å²) >= 11 is 1.38. The average Bonchev–Trinajstić information content (AvgIpc) is 2.96. The molecule has 19 heavy (non-hydrogen) atoms. The van der Waals surface area contributed by atoms with Gasteiger partial charge in [-0.2, -0.15) is 0 Å². The number of hydrogen-bond acceptors (Lipinski definition) is 5. The minimum absolute atomic E-state index is 0.0432. The van der Waals surface area contributed by atoms with Crippen LogP contribution in [0.4, 0.5) is 10.9 Å². The molecule has 1 saturated heterocycles. The van der Waals surface area contributed by atoms with Gasteiger partial charge in [0.25, 0.3) is 5.91 Å². The first-order valence-corrected chi connectivity index (χ1v) is 7.57. The fraction of sp³-hybridized carbons (Fsp3) is 0.692. The van der Waals surface area contributed by atoms with Gasteiger partial charge in [-0.15, -0.1) is 0 Å². The van der Waals surface area contributed by atoms with Gasteiger partial charge >= 0.3 is 0 Å². The first kappa shape index (κ1) is 14.1. The molecule has 2 N–H and O–H groups in total. The van der Waals surface area contributed by atoms with Crippen LogP contribution in [-0.2, 0) is 0 Å². The van der Waals surface area contributed by atoms with Gasteiger partial charge in [-0.3, -0.25) is 4.79 Å². The standard InChI is InChI=1S/C13H22N4OS/c1-4-5-9-6-7-17(8-9)12(18)10-11(14)15-13(19-10)16(2)3/h9H,4-8,14H2,1-3H3. The van der Waals surface area contributed by atoms with Crippen LogP contribution in [0.2, 0.25) is 0 Å². The van der Waals surface area contributed by atoms with Gasteiger partial charge in [-0.1, -0.05) is 24.7 Å². The van der Waals surface area contributed by atoms with Crippen LogP contribution in [0.3, 0.4) is 0 Å². The number of nitrogen functional groups attached to an aromatic ring is 1. The molecule has 1 unspecified atom stereocenters. The highest BCUT2D eigenvalue weighted by Crippen LogP contribution is 2.30. The number of nitrogens with zero attached hydrogens (tertiary/aromatic N) is 3. The lowest BCUT2D eigenvalue weighted by atomic mass is 10.0. The van der Waals surface area contributed by atoms with Crippen molar-refractivity contribution in [1.82, 2.24) is 9.88 Å². The number of likely N-dealkylation sites (tertiary alicyclic amines) is 1.